The van der Waals surface area contributed by atoms with Crippen molar-refractivity contribution >= 4 is 40.1 Å². The Labute approximate surface area is 270 Å². The molecule has 1 amide bonds. The number of ether oxygens (including phenoxy) is 4. The van der Waals surface area contributed by atoms with Crippen molar-refractivity contribution in [2.45, 2.75) is 33.7 Å². The average molecular weight is 644 g/mol. The number of thiazole rings is 1. The third-order valence-electron chi connectivity index (χ3n) is 7.89. The van der Waals surface area contributed by atoms with Gasteiger partial charge in [-0.15, -0.1) is 0 Å². The van der Waals surface area contributed by atoms with Crippen molar-refractivity contribution < 1.29 is 28.5 Å². The lowest BCUT2D eigenvalue weighted by Crippen LogP contribution is -2.43. The van der Waals surface area contributed by atoms with Crippen LogP contribution < -0.4 is 29.1 Å². The monoisotopic (exact) mass is 643 g/mol. The number of hydrogen-bond acceptors (Lipinski definition) is 9. The number of fused-ring (bicyclic) bond motifs is 2. The molecule has 0 saturated carbocycles. The predicted molar refractivity (Wildman–Crippen MR) is 177 cm³/mol. The van der Waals surface area contributed by atoms with Gasteiger partial charge in [0.1, 0.15) is 23.3 Å². The van der Waals surface area contributed by atoms with Crippen molar-refractivity contribution in [3.05, 3.63) is 96.7 Å². The highest BCUT2D eigenvalue weighted by Crippen LogP contribution is 2.38. The molecular weight excluding hydrogens is 606 g/mol. The molecule has 0 N–H and O–H groups in total. The summed E-state index contributed by atoms with van der Waals surface area (Å²) in [6, 6.07) is 15.9. The van der Waals surface area contributed by atoms with Crippen LogP contribution in [-0.4, -0.2) is 61.9 Å². The molecule has 0 spiro atoms. The van der Waals surface area contributed by atoms with E-state index in [9.17, 15) is 14.4 Å². The van der Waals surface area contributed by atoms with Crippen LogP contribution in [0.15, 0.2) is 75.7 Å². The molecule has 10 nitrogen and oxygen atoms in total. The first-order chi connectivity index (χ1) is 22.3. The maximum Gasteiger partial charge on any atom is 0.344 e. The Morgan fingerprint density at radius 1 is 1.00 bits per heavy atom. The Morgan fingerprint density at radius 3 is 2.43 bits per heavy atom. The van der Waals surface area contributed by atoms with Crippen LogP contribution in [0.5, 0.6) is 17.2 Å². The van der Waals surface area contributed by atoms with E-state index in [0.717, 1.165) is 10.8 Å². The lowest BCUT2D eigenvalue weighted by Gasteiger charge is -2.30. The van der Waals surface area contributed by atoms with E-state index < -0.39 is 12.0 Å². The third-order valence-corrected chi connectivity index (χ3v) is 8.87. The summed E-state index contributed by atoms with van der Waals surface area (Å²) in [5.74, 6) is 0.787. The molecule has 0 unspecified atom stereocenters. The Morgan fingerprint density at radius 2 is 1.74 bits per heavy atom. The minimum absolute atomic E-state index is 0.209. The number of carbonyl (C=O) groups is 2. The minimum atomic E-state index is -0.830. The second kappa shape index (κ2) is 14.0. The van der Waals surface area contributed by atoms with E-state index in [1.54, 1.807) is 67.9 Å². The molecule has 5 rings (SSSR count). The van der Waals surface area contributed by atoms with Gasteiger partial charge in [-0.2, -0.15) is 0 Å². The fraction of sp³-hybridized carbons (Fsp3) is 0.314. The smallest absolute Gasteiger partial charge is 0.344 e. The molecular formula is C35H37N3O7S. The maximum atomic E-state index is 14.5. The number of allylic oxidation sites excluding steroid dienone is 1. The van der Waals surface area contributed by atoms with Crippen molar-refractivity contribution in [2.24, 2.45) is 4.99 Å². The number of methoxy groups -OCH3 is 2. The molecule has 1 aromatic heterocycles. The lowest BCUT2D eigenvalue weighted by molar-refractivity contribution is -0.145. The highest BCUT2D eigenvalue weighted by atomic mass is 32.1. The Balaban J connectivity index is 1.77. The van der Waals surface area contributed by atoms with Gasteiger partial charge in [0, 0.05) is 24.2 Å². The molecule has 240 valence electrons. The van der Waals surface area contributed by atoms with Crippen LogP contribution in [0.25, 0.3) is 16.8 Å². The molecule has 4 aromatic rings. The van der Waals surface area contributed by atoms with E-state index in [0.29, 0.717) is 62.1 Å². The van der Waals surface area contributed by atoms with Crippen LogP contribution >= 0.6 is 11.3 Å². The minimum Gasteiger partial charge on any atom is -0.497 e. The highest BCUT2D eigenvalue weighted by Gasteiger charge is 2.36. The van der Waals surface area contributed by atoms with E-state index in [4.69, 9.17) is 23.9 Å². The van der Waals surface area contributed by atoms with Crippen LogP contribution in [0.4, 0.5) is 0 Å². The number of amides is 1. The highest BCUT2D eigenvalue weighted by molar-refractivity contribution is 7.07. The molecule has 0 saturated heterocycles. The Hall–Kier alpha value is -4.90. The molecule has 46 heavy (non-hydrogen) atoms. The quantitative estimate of drug-likeness (QED) is 0.225. The lowest BCUT2D eigenvalue weighted by atomic mass is 9.93. The topological polar surface area (TPSA) is 109 Å². The number of nitrogens with zero attached hydrogens (tertiary/aromatic N) is 3. The first-order valence-corrected chi connectivity index (χ1v) is 15.9. The normalized spacial score (nSPS) is 14.5. The zero-order valence-corrected chi connectivity index (χ0v) is 27.6. The second-order valence-corrected chi connectivity index (χ2v) is 11.5. The van der Waals surface area contributed by atoms with Gasteiger partial charge >= 0.3 is 5.97 Å². The number of esters is 1. The number of carbonyl (C=O) groups excluding carboxylic acids is 2. The van der Waals surface area contributed by atoms with Gasteiger partial charge < -0.3 is 23.8 Å². The molecule has 0 bridgehead atoms. The van der Waals surface area contributed by atoms with Crippen molar-refractivity contribution in [1.29, 1.82) is 0 Å². The zero-order valence-electron chi connectivity index (χ0n) is 26.8. The second-order valence-electron chi connectivity index (χ2n) is 10.5. The summed E-state index contributed by atoms with van der Waals surface area (Å²) < 4.78 is 24.2. The number of rotatable bonds is 11. The van der Waals surface area contributed by atoms with Crippen LogP contribution in [0.2, 0.25) is 0 Å². The van der Waals surface area contributed by atoms with E-state index in [1.165, 1.54) is 11.3 Å². The summed E-state index contributed by atoms with van der Waals surface area (Å²) in [5.41, 5.74) is 1.81. The van der Waals surface area contributed by atoms with Crippen molar-refractivity contribution in [2.75, 3.05) is 40.5 Å². The van der Waals surface area contributed by atoms with Gasteiger partial charge in [0.05, 0.1) is 36.6 Å². The van der Waals surface area contributed by atoms with Gasteiger partial charge in [0.25, 0.3) is 11.5 Å². The van der Waals surface area contributed by atoms with Gasteiger partial charge in [-0.3, -0.25) is 14.2 Å². The van der Waals surface area contributed by atoms with Crippen molar-refractivity contribution in [1.82, 2.24) is 9.47 Å². The predicted octanol–water partition coefficient (Wildman–Crippen LogP) is 4.22. The van der Waals surface area contributed by atoms with E-state index >= 15 is 0 Å². The van der Waals surface area contributed by atoms with Crippen LogP contribution in [0, 0.1) is 0 Å². The number of benzene rings is 3. The Bertz CT molecular complexity index is 2010. The van der Waals surface area contributed by atoms with Gasteiger partial charge in [0.15, 0.2) is 11.4 Å². The first kappa shape index (κ1) is 32.5. The molecule has 2 heterocycles. The number of likely N-dealkylation sites (N-methyl/N-ethyl adjacent to an activating group) is 1. The standard InChI is InChI=1S/C35H37N3O7S/c1-7-37(8-2)34(41)31-21(4)36-35-38(32(31)26-18-23(42-5)15-17-27(26)43-6)33(40)29(46-35)19-25-24-13-11-10-12-22(24)14-16-28(25)45-20-30(39)44-9-3/h10-19,32H,7-9,20H2,1-6H3/b29-19+/t32-/m1/s1. The number of aromatic nitrogens is 1. The average Bonchev–Trinajstić information content (AvgIpc) is 3.37. The Kier molecular flexibility index (Phi) is 9.91. The van der Waals surface area contributed by atoms with Crippen LogP contribution in [0.3, 0.4) is 0 Å². The largest absolute Gasteiger partial charge is 0.497 e. The van der Waals surface area contributed by atoms with Crippen molar-refractivity contribution in [3.63, 3.8) is 0 Å². The molecule has 1 atom stereocenters. The fourth-order valence-electron chi connectivity index (χ4n) is 5.64. The molecule has 11 heteroatoms. The molecule has 0 radical (unpaired) electrons. The summed E-state index contributed by atoms with van der Waals surface area (Å²) in [6.07, 6.45) is 1.76. The van der Waals surface area contributed by atoms with Gasteiger partial charge in [-0.1, -0.05) is 41.7 Å². The van der Waals surface area contributed by atoms with E-state index in [-0.39, 0.29) is 24.7 Å². The molecule has 0 fully saturated rings. The molecule has 1 aliphatic heterocycles. The summed E-state index contributed by atoms with van der Waals surface area (Å²) in [6.45, 7) is 8.31. The van der Waals surface area contributed by atoms with Crippen molar-refractivity contribution in [3.8, 4) is 17.2 Å². The van der Waals surface area contributed by atoms with Gasteiger partial charge in [-0.05, 0) is 68.8 Å². The fourth-order valence-corrected chi connectivity index (χ4v) is 6.67. The third kappa shape index (κ3) is 6.15. The maximum absolute atomic E-state index is 14.5. The molecule has 3 aromatic carbocycles. The van der Waals surface area contributed by atoms with Crippen LogP contribution in [-0.2, 0) is 14.3 Å². The summed E-state index contributed by atoms with van der Waals surface area (Å²) in [4.78, 5) is 47.6. The summed E-state index contributed by atoms with van der Waals surface area (Å²) >= 11 is 1.22. The van der Waals surface area contributed by atoms with Gasteiger partial charge in [-0.25, -0.2) is 9.79 Å². The van der Waals surface area contributed by atoms with Gasteiger partial charge in [0.2, 0.25) is 0 Å². The van der Waals surface area contributed by atoms with E-state index in [1.807, 2.05) is 44.2 Å². The zero-order chi connectivity index (χ0) is 33.0. The molecule has 1 aliphatic rings. The number of hydrogen-bond donors (Lipinski definition) is 0. The first-order valence-electron chi connectivity index (χ1n) is 15.1. The summed E-state index contributed by atoms with van der Waals surface area (Å²) in [5, 5.41) is 1.78. The van der Waals surface area contributed by atoms with Crippen LogP contribution in [0.1, 0.15) is 44.9 Å². The molecule has 0 aliphatic carbocycles. The van der Waals surface area contributed by atoms with E-state index in [2.05, 4.69) is 0 Å². The summed E-state index contributed by atoms with van der Waals surface area (Å²) in [7, 11) is 3.11. The SMILES string of the molecule is CCOC(=O)COc1ccc2ccccc2c1/C=c1/sc2n(c1=O)[C@H](c1cc(OC)ccc1OC)C(C(=O)N(CC)CC)=C(C)N=2.